The van der Waals surface area contributed by atoms with E-state index in [0.717, 1.165) is 27.8 Å². The predicted molar refractivity (Wildman–Crippen MR) is 60.9 cm³/mol. The van der Waals surface area contributed by atoms with Gasteiger partial charge in [0.15, 0.2) is 0 Å². The van der Waals surface area contributed by atoms with E-state index in [2.05, 4.69) is 40.1 Å². The van der Waals surface area contributed by atoms with Gasteiger partial charge in [-0.3, -0.25) is 4.98 Å². The highest BCUT2D eigenvalue weighted by atomic mass is 14.9. The van der Waals surface area contributed by atoms with Gasteiger partial charge in [-0.05, 0) is 25.5 Å². The number of aromatic amines is 1. The summed E-state index contributed by atoms with van der Waals surface area (Å²) in [5.74, 6) is 0.930. The first-order valence-electron chi connectivity index (χ1n) is 4.96. The van der Waals surface area contributed by atoms with Crippen molar-refractivity contribution in [3.63, 3.8) is 0 Å². The fraction of sp³-hybridized carbons (Fsp3) is 0.167. The number of nitrogens with one attached hydrogen (secondary N) is 1. The number of rotatable bonds is 0. The predicted octanol–water partition coefficient (Wildman–Crippen LogP) is 2.73. The summed E-state index contributed by atoms with van der Waals surface area (Å²) in [5.41, 5.74) is 4.26. The highest BCUT2D eigenvalue weighted by molar-refractivity contribution is 6.01. The molecule has 3 aromatic rings. The normalized spacial score (nSPS) is 11.3. The first-order valence-corrected chi connectivity index (χ1v) is 4.96. The molecular weight excluding hydrogens is 186 g/mol. The van der Waals surface area contributed by atoms with Gasteiger partial charge in [0.1, 0.15) is 11.3 Å². The largest absolute Gasteiger partial charge is 0.342 e. The molecule has 0 bridgehead atoms. The van der Waals surface area contributed by atoms with Crippen LogP contribution in [-0.2, 0) is 0 Å². The monoisotopic (exact) mass is 197 g/mol. The first-order chi connectivity index (χ1) is 7.24. The number of H-pyrrole nitrogens is 1. The summed E-state index contributed by atoms with van der Waals surface area (Å²) in [6.45, 7) is 4.03. The van der Waals surface area contributed by atoms with E-state index in [0.29, 0.717) is 0 Å². The second kappa shape index (κ2) is 2.79. The number of aryl methyl sites for hydroxylation is 2. The Labute approximate surface area is 87.2 Å². The lowest BCUT2D eigenvalue weighted by atomic mass is 10.1. The van der Waals surface area contributed by atoms with E-state index in [1.165, 1.54) is 5.56 Å². The van der Waals surface area contributed by atoms with Gasteiger partial charge in [0.05, 0.1) is 17.2 Å². The van der Waals surface area contributed by atoms with Crippen LogP contribution in [0, 0.1) is 13.8 Å². The molecule has 0 aliphatic heterocycles. The number of pyridine rings is 1. The van der Waals surface area contributed by atoms with Gasteiger partial charge in [-0.25, -0.2) is 4.98 Å². The topological polar surface area (TPSA) is 41.6 Å². The van der Waals surface area contributed by atoms with Crippen LogP contribution in [0.2, 0.25) is 0 Å². The third-order valence-electron chi connectivity index (χ3n) is 2.60. The number of aromatic nitrogens is 3. The lowest BCUT2D eigenvalue weighted by Gasteiger charge is -1.99. The molecule has 0 radical (unpaired) electrons. The summed E-state index contributed by atoms with van der Waals surface area (Å²) in [4.78, 5) is 12.0. The van der Waals surface area contributed by atoms with Crippen LogP contribution in [0.4, 0.5) is 0 Å². The first kappa shape index (κ1) is 8.41. The molecule has 0 saturated carbocycles. The maximum atomic E-state index is 4.40. The Morgan fingerprint density at radius 3 is 2.87 bits per heavy atom. The molecule has 0 saturated heterocycles. The molecule has 2 aromatic heterocycles. The summed E-state index contributed by atoms with van der Waals surface area (Å²) in [5, 5.41) is 1.14. The molecule has 1 aromatic carbocycles. The molecule has 0 aliphatic rings. The van der Waals surface area contributed by atoms with Gasteiger partial charge in [-0.1, -0.05) is 12.1 Å². The zero-order chi connectivity index (χ0) is 10.4. The average Bonchev–Trinajstić information content (AvgIpc) is 2.58. The van der Waals surface area contributed by atoms with Gasteiger partial charge in [-0.15, -0.1) is 0 Å². The Morgan fingerprint density at radius 1 is 1.13 bits per heavy atom. The van der Waals surface area contributed by atoms with Crippen molar-refractivity contribution in [1.82, 2.24) is 15.0 Å². The van der Waals surface area contributed by atoms with Gasteiger partial charge >= 0.3 is 0 Å². The molecule has 3 rings (SSSR count). The van der Waals surface area contributed by atoms with Crippen molar-refractivity contribution in [2.75, 3.05) is 0 Å². The third-order valence-corrected chi connectivity index (χ3v) is 2.60. The smallest absolute Gasteiger partial charge is 0.108 e. The van der Waals surface area contributed by atoms with Crippen LogP contribution in [-0.4, -0.2) is 15.0 Å². The maximum absolute atomic E-state index is 4.40. The van der Waals surface area contributed by atoms with Crippen LogP contribution in [0.15, 0.2) is 24.4 Å². The van der Waals surface area contributed by atoms with E-state index in [1.54, 1.807) is 0 Å². The van der Waals surface area contributed by atoms with Crippen LogP contribution in [0.5, 0.6) is 0 Å². The van der Waals surface area contributed by atoms with Crippen LogP contribution >= 0.6 is 0 Å². The second-order valence-electron chi connectivity index (χ2n) is 3.86. The van der Waals surface area contributed by atoms with E-state index in [4.69, 9.17) is 0 Å². The van der Waals surface area contributed by atoms with E-state index in [1.807, 2.05) is 13.1 Å². The minimum Gasteiger partial charge on any atom is -0.342 e. The number of hydrogen-bond acceptors (Lipinski definition) is 2. The molecule has 74 valence electrons. The quantitative estimate of drug-likeness (QED) is 0.602. The van der Waals surface area contributed by atoms with Crippen molar-refractivity contribution in [3.8, 4) is 0 Å². The van der Waals surface area contributed by atoms with E-state index in [-0.39, 0.29) is 0 Å². The van der Waals surface area contributed by atoms with Gasteiger partial charge in [-0.2, -0.15) is 0 Å². The van der Waals surface area contributed by atoms with Gasteiger partial charge in [0.25, 0.3) is 0 Å². The summed E-state index contributed by atoms with van der Waals surface area (Å²) in [7, 11) is 0. The molecule has 0 aliphatic carbocycles. The zero-order valence-corrected chi connectivity index (χ0v) is 8.70. The minimum absolute atomic E-state index is 0.930. The molecule has 3 nitrogen and oxygen atoms in total. The summed E-state index contributed by atoms with van der Waals surface area (Å²) >= 11 is 0. The van der Waals surface area contributed by atoms with Crippen molar-refractivity contribution in [2.24, 2.45) is 0 Å². The van der Waals surface area contributed by atoms with E-state index >= 15 is 0 Å². The Morgan fingerprint density at radius 2 is 2.00 bits per heavy atom. The van der Waals surface area contributed by atoms with Gasteiger partial charge < -0.3 is 4.98 Å². The molecule has 0 atom stereocenters. The highest BCUT2D eigenvalue weighted by Gasteiger charge is 2.04. The number of benzene rings is 1. The van der Waals surface area contributed by atoms with Crippen molar-refractivity contribution in [1.29, 1.82) is 0 Å². The number of fused-ring (bicyclic) bond motifs is 3. The molecule has 3 heteroatoms. The summed E-state index contributed by atoms with van der Waals surface area (Å²) in [6.07, 6.45) is 1.82. The standard InChI is InChI=1S/C12H11N3/c1-7-3-4-9-10(5-7)13-6-11-12(9)15-8(2)14-11/h3-6H,1-2H3,(H,14,15). The Hall–Kier alpha value is -1.90. The van der Waals surface area contributed by atoms with Crippen molar-refractivity contribution in [3.05, 3.63) is 35.8 Å². The van der Waals surface area contributed by atoms with Crippen molar-refractivity contribution < 1.29 is 0 Å². The molecule has 15 heavy (non-hydrogen) atoms. The molecule has 2 heterocycles. The van der Waals surface area contributed by atoms with E-state index in [9.17, 15) is 0 Å². The molecule has 0 unspecified atom stereocenters. The second-order valence-corrected chi connectivity index (χ2v) is 3.86. The van der Waals surface area contributed by atoms with Gasteiger partial charge in [0, 0.05) is 5.39 Å². The molecule has 0 spiro atoms. The average molecular weight is 197 g/mol. The van der Waals surface area contributed by atoms with E-state index < -0.39 is 0 Å². The molecule has 0 fully saturated rings. The number of imidazole rings is 1. The lowest BCUT2D eigenvalue weighted by Crippen LogP contribution is -1.82. The highest BCUT2D eigenvalue weighted by Crippen LogP contribution is 2.22. The number of nitrogens with zero attached hydrogens (tertiary/aromatic N) is 2. The van der Waals surface area contributed by atoms with Crippen molar-refractivity contribution >= 4 is 21.9 Å². The van der Waals surface area contributed by atoms with Crippen LogP contribution in [0.25, 0.3) is 21.9 Å². The fourth-order valence-electron chi connectivity index (χ4n) is 1.90. The Kier molecular flexibility index (Phi) is 1.57. The SMILES string of the molecule is Cc1ccc2c(c1)ncc1nc(C)[nH]c12. The fourth-order valence-corrected chi connectivity index (χ4v) is 1.90. The summed E-state index contributed by atoms with van der Waals surface area (Å²) in [6, 6.07) is 6.28. The van der Waals surface area contributed by atoms with Crippen LogP contribution < -0.4 is 0 Å². The van der Waals surface area contributed by atoms with Crippen LogP contribution in [0.1, 0.15) is 11.4 Å². The van der Waals surface area contributed by atoms with Crippen molar-refractivity contribution in [2.45, 2.75) is 13.8 Å². The zero-order valence-electron chi connectivity index (χ0n) is 8.70. The molecular formula is C12H11N3. The number of hydrogen-bond donors (Lipinski definition) is 1. The lowest BCUT2D eigenvalue weighted by molar-refractivity contribution is 1.17. The molecule has 1 N–H and O–H groups in total. The minimum atomic E-state index is 0.930. The maximum Gasteiger partial charge on any atom is 0.108 e. The molecule has 0 amide bonds. The summed E-state index contributed by atoms with van der Waals surface area (Å²) < 4.78 is 0. The Bertz CT molecular complexity index is 652. The third kappa shape index (κ3) is 1.20. The van der Waals surface area contributed by atoms with Gasteiger partial charge in [0.2, 0.25) is 0 Å². The van der Waals surface area contributed by atoms with Crippen LogP contribution in [0.3, 0.4) is 0 Å². The Balaban J connectivity index is 2.53.